The smallest absolute Gasteiger partial charge is 0.252 e. The fourth-order valence-corrected chi connectivity index (χ4v) is 2.61. The Morgan fingerprint density at radius 3 is 2.15 bits per heavy atom. The van der Waals surface area contributed by atoms with Gasteiger partial charge in [-0.25, -0.2) is 0 Å². The van der Waals surface area contributed by atoms with Crippen LogP contribution in [0.4, 0.5) is 0 Å². The third-order valence-electron chi connectivity index (χ3n) is 3.86. The van der Waals surface area contributed by atoms with Crippen molar-refractivity contribution in [2.75, 3.05) is 0 Å². The van der Waals surface area contributed by atoms with Gasteiger partial charge in [-0.3, -0.25) is 14.4 Å². The van der Waals surface area contributed by atoms with Crippen LogP contribution in [0.2, 0.25) is 0 Å². The first kappa shape index (κ1) is 19.2. The molecule has 2 rings (SSSR count). The van der Waals surface area contributed by atoms with Gasteiger partial charge in [0.15, 0.2) is 0 Å². The fraction of sp³-hybridized carbons (Fsp3) is 0.250. The van der Waals surface area contributed by atoms with E-state index in [-0.39, 0.29) is 11.9 Å². The van der Waals surface area contributed by atoms with Crippen LogP contribution in [0.15, 0.2) is 48.5 Å². The monoisotopic (exact) mass is 353 g/mol. The molecule has 0 aliphatic heterocycles. The Hall–Kier alpha value is -3.15. The van der Waals surface area contributed by atoms with Crippen LogP contribution in [-0.4, -0.2) is 23.8 Å². The van der Waals surface area contributed by atoms with Crippen LogP contribution >= 0.6 is 0 Å². The normalized spacial score (nSPS) is 11.7. The van der Waals surface area contributed by atoms with Gasteiger partial charge in [0.05, 0.1) is 0 Å². The van der Waals surface area contributed by atoms with E-state index in [4.69, 9.17) is 5.73 Å². The lowest BCUT2D eigenvalue weighted by Gasteiger charge is -2.20. The molecule has 2 aromatic carbocycles. The zero-order valence-electron chi connectivity index (χ0n) is 15.1. The lowest BCUT2D eigenvalue weighted by atomic mass is 10.0. The predicted octanol–water partition coefficient (Wildman–Crippen LogP) is 2.09. The van der Waals surface area contributed by atoms with Crippen molar-refractivity contribution < 1.29 is 14.4 Å². The Morgan fingerprint density at radius 1 is 0.962 bits per heavy atom. The molecule has 0 heterocycles. The maximum atomic E-state index is 12.6. The first-order chi connectivity index (χ1) is 12.3. The number of hydrogen-bond acceptors (Lipinski definition) is 3. The third kappa shape index (κ3) is 4.69. The van der Waals surface area contributed by atoms with Crippen LogP contribution in [0, 0.1) is 6.92 Å². The van der Waals surface area contributed by atoms with Crippen molar-refractivity contribution in [3.63, 3.8) is 0 Å². The summed E-state index contributed by atoms with van der Waals surface area (Å²) >= 11 is 0. The molecule has 0 spiro atoms. The summed E-state index contributed by atoms with van der Waals surface area (Å²) in [6.45, 7) is 5.42. The molecule has 6 heteroatoms. The molecule has 6 nitrogen and oxygen atoms in total. The van der Waals surface area contributed by atoms with Crippen molar-refractivity contribution in [3.8, 4) is 0 Å². The quantitative estimate of drug-likeness (QED) is 0.741. The van der Waals surface area contributed by atoms with E-state index in [0.29, 0.717) is 22.3 Å². The molecule has 0 saturated heterocycles. The molecule has 0 aliphatic carbocycles. The van der Waals surface area contributed by atoms with Crippen molar-refractivity contribution in [3.05, 3.63) is 70.8 Å². The molecule has 2 aromatic rings. The zero-order chi connectivity index (χ0) is 19.3. The SMILES string of the molecule is Cc1cc(C(=O)NC(C(=O)NC(C)C)c2ccccc2)ccc1C(N)=O. The highest BCUT2D eigenvalue weighted by molar-refractivity contribution is 6.00. The number of benzene rings is 2. The predicted molar refractivity (Wildman–Crippen MR) is 99.6 cm³/mol. The van der Waals surface area contributed by atoms with Crippen LogP contribution in [-0.2, 0) is 4.79 Å². The number of aryl methyl sites for hydroxylation is 1. The van der Waals surface area contributed by atoms with Gasteiger partial charge in [-0.2, -0.15) is 0 Å². The van der Waals surface area contributed by atoms with Crippen LogP contribution in [0.3, 0.4) is 0 Å². The molecule has 1 unspecified atom stereocenters. The molecule has 0 saturated carbocycles. The zero-order valence-corrected chi connectivity index (χ0v) is 15.1. The van der Waals surface area contributed by atoms with E-state index >= 15 is 0 Å². The summed E-state index contributed by atoms with van der Waals surface area (Å²) in [4.78, 5) is 36.5. The molecule has 26 heavy (non-hydrogen) atoms. The minimum absolute atomic E-state index is 0.0530. The first-order valence-electron chi connectivity index (χ1n) is 8.36. The topological polar surface area (TPSA) is 101 Å². The van der Waals surface area contributed by atoms with Gasteiger partial charge >= 0.3 is 0 Å². The standard InChI is InChI=1S/C20H23N3O3/c1-12(2)22-20(26)17(14-7-5-4-6-8-14)23-19(25)15-9-10-16(18(21)24)13(3)11-15/h4-12,17H,1-3H3,(H2,21,24)(H,22,26)(H,23,25). The highest BCUT2D eigenvalue weighted by atomic mass is 16.2. The number of primary amides is 1. The number of nitrogens with one attached hydrogen (secondary N) is 2. The number of hydrogen-bond donors (Lipinski definition) is 3. The molecule has 4 N–H and O–H groups in total. The molecule has 0 aromatic heterocycles. The Kier molecular flexibility index (Phi) is 6.11. The minimum atomic E-state index is -0.817. The van der Waals surface area contributed by atoms with Crippen molar-refractivity contribution in [1.29, 1.82) is 0 Å². The largest absolute Gasteiger partial charge is 0.366 e. The number of carbonyl (C=O) groups excluding carboxylic acids is 3. The molecule has 3 amide bonds. The number of nitrogens with two attached hydrogens (primary N) is 1. The second-order valence-corrected chi connectivity index (χ2v) is 6.37. The fourth-order valence-electron chi connectivity index (χ4n) is 2.61. The van der Waals surface area contributed by atoms with Crippen molar-refractivity contribution in [2.24, 2.45) is 5.73 Å². The van der Waals surface area contributed by atoms with E-state index < -0.39 is 17.9 Å². The van der Waals surface area contributed by atoms with Crippen molar-refractivity contribution in [1.82, 2.24) is 10.6 Å². The Balaban J connectivity index is 2.27. The molecule has 0 aliphatic rings. The van der Waals surface area contributed by atoms with E-state index in [0.717, 1.165) is 0 Å². The summed E-state index contributed by atoms with van der Waals surface area (Å²) in [5.41, 5.74) is 7.29. The lowest BCUT2D eigenvalue weighted by Crippen LogP contribution is -2.42. The first-order valence-corrected chi connectivity index (χ1v) is 8.36. The average Bonchev–Trinajstić information content (AvgIpc) is 2.59. The van der Waals surface area contributed by atoms with Gasteiger partial charge in [0, 0.05) is 17.2 Å². The van der Waals surface area contributed by atoms with E-state index in [2.05, 4.69) is 10.6 Å². The van der Waals surface area contributed by atoms with Gasteiger partial charge < -0.3 is 16.4 Å². The van der Waals surface area contributed by atoms with E-state index in [1.54, 1.807) is 25.1 Å². The number of amides is 3. The maximum absolute atomic E-state index is 12.6. The summed E-state index contributed by atoms with van der Waals surface area (Å²) in [7, 11) is 0. The van der Waals surface area contributed by atoms with Gasteiger partial charge in [0.1, 0.15) is 6.04 Å². The van der Waals surface area contributed by atoms with Gasteiger partial charge in [-0.05, 0) is 50.1 Å². The van der Waals surface area contributed by atoms with E-state index in [1.807, 2.05) is 32.0 Å². The molecular formula is C20H23N3O3. The van der Waals surface area contributed by atoms with Gasteiger partial charge in [-0.1, -0.05) is 30.3 Å². The average molecular weight is 353 g/mol. The highest BCUT2D eigenvalue weighted by Gasteiger charge is 2.24. The van der Waals surface area contributed by atoms with Crippen molar-refractivity contribution >= 4 is 17.7 Å². The third-order valence-corrected chi connectivity index (χ3v) is 3.86. The van der Waals surface area contributed by atoms with E-state index in [9.17, 15) is 14.4 Å². The molecule has 1 atom stereocenters. The molecular weight excluding hydrogens is 330 g/mol. The lowest BCUT2D eigenvalue weighted by molar-refractivity contribution is -0.123. The molecule has 0 fully saturated rings. The molecule has 0 radical (unpaired) electrons. The van der Waals surface area contributed by atoms with Crippen molar-refractivity contribution in [2.45, 2.75) is 32.9 Å². The van der Waals surface area contributed by atoms with Crippen LogP contribution < -0.4 is 16.4 Å². The molecule has 136 valence electrons. The summed E-state index contributed by atoms with van der Waals surface area (Å²) in [6, 6.07) is 12.8. The van der Waals surface area contributed by atoms with Crippen LogP contribution in [0.25, 0.3) is 0 Å². The van der Waals surface area contributed by atoms with Gasteiger partial charge in [-0.15, -0.1) is 0 Å². The summed E-state index contributed by atoms with van der Waals surface area (Å²) in [5, 5.41) is 5.58. The van der Waals surface area contributed by atoms with Crippen LogP contribution in [0.1, 0.15) is 51.7 Å². The Morgan fingerprint density at radius 2 is 1.62 bits per heavy atom. The minimum Gasteiger partial charge on any atom is -0.366 e. The van der Waals surface area contributed by atoms with Gasteiger partial charge in [0.2, 0.25) is 11.8 Å². The maximum Gasteiger partial charge on any atom is 0.252 e. The van der Waals surface area contributed by atoms with Gasteiger partial charge in [0.25, 0.3) is 5.91 Å². The van der Waals surface area contributed by atoms with Crippen LogP contribution in [0.5, 0.6) is 0 Å². The Bertz CT molecular complexity index is 816. The second kappa shape index (κ2) is 8.29. The number of carbonyl (C=O) groups is 3. The highest BCUT2D eigenvalue weighted by Crippen LogP contribution is 2.16. The van der Waals surface area contributed by atoms with E-state index in [1.165, 1.54) is 12.1 Å². The molecule has 0 bridgehead atoms. The second-order valence-electron chi connectivity index (χ2n) is 6.37. The number of rotatable bonds is 6. The summed E-state index contributed by atoms with van der Waals surface area (Å²) in [5.74, 6) is -1.24. The summed E-state index contributed by atoms with van der Waals surface area (Å²) < 4.78 is 0. The Labute approximate surface area is 152 Å². The summed E-state index contributed by atoms with van der Waals surface area (Å²) in [6.07, 6.45) is 0.